The first kappa shape index (κ1) is 11.6. The Kier molecular flexibility index (Phi) is 3.02. The molecule has 0 unspecified atom stereocenters. The van der Waals surface area contributed by atoms with Gasteiger partial charge in [-0.1, -0.05) is 28.8 Å². The Hall–Kier alpha value is -0.900. The molecule has 2 rings (SSSR count). The molecule has 0 atom stereocenters. The first-order valence-electron chi connectivity index (χ1n) is 5.24. The highest BCUT2D eigenvalue weighted by atomic mass is 79.9. The lowest BCUT2D eigenvalue weighted by atomic mass is 9.79. The van der Waals surface area contributed by atoms with Gasteiger partial charge in [0.25, 0.3) is 0 Å². The Balaban J connectivity index is 2.51. The molecule has 1 aliphatic rings. The van der Waals surface area contributed by atoms with Crippen LogP contribution in [0.25, 0.3) is 0 Å². The van der Waals surface area contributed by atoms with Gasteiger partial charge in [-0.3, -0.25) is 4.79 Å². The number of hydrogen-bond acceptors (Lipinski definition) is 1. The third-order valence-corrected chi connectivity index (χ3v) is 3.74. The highest BCUT2D eigenvalue weighted by Crippen LogP contribution is 2.42. The van der Waals surface area contributed by atoms with E-state index >= 15 is 0 Å². The van der Waals surface area contributed by atoms with Crippen molar-refractivity contribution in [3.63, 3.8) is 0 Å². The summed E-state index contributed by atoms with van der Waals surface area (Å²) in [6, 6.07) is 4.39. The van der Waals surface area contributed by atoms with Crippen LogP contribution >= 0.6 is 15.9 Å². The number of hydrogen-bond donors (Lipinski definition) is 1. The second-order valence-electron chi connectivity index (χ2n) is 4.25. The summed E-state index contributed by atoms with van der Waals surface area (Å²) >= 11 is 3.20. The second-order valence-corrected chi connectivity index (χ2v) is 5.17. The fourth-order valence-corrected chi connectivity index (χ4v) is 2.90. The van der Waals surface area contributed by atoms with Gasteiger partial charge in [-0.25, -0.2) is 4.39 Å². The van der Waals surface area contributed by atoms with Crippen LogP contribution in [0.5, 0.6) is 0 Å². The van der Waals surface area contributed by atoms with Crippen molar-refractivity contribution in [1.29, 1.82) is 0 Å². The Bertz CT molecular complexity index is 405. The molecule has 1 aromatic rings. The zero-order chi connectivity index (χ0) is 11.8. The van der Waals surface area contributed by atoms with E-state index in [1.165, 1.54) is 12.1 Å². The largest absolute Gasteiger partial charge is 0.481 e. The third kappa shape index (κ3) is 1.86. The van der Waals surface area contributed by atoms with Gasteiger partial charge in [0.15, 0.2) is 0 Å². The molecule has 4 heteroatoms. The van der Waals surface area contributed by atoms with Gasteiger partial charge in [0, 0.05) is 4.47 Å². The molecule has 1 aromatic carbocycles. The average molecular weight is 287 g/mol. The molecule has 0 bridgehead atoms. The molecule has 0 saturated heterocycles. The lowest BCUT2D eigenvalue weighted by molar-refractivity contribution is -0.143. The van der Waals surface area contributed by atoms with E-state index in [1.54, 1.807) is 6.07 Å². The molecule has 2 nitrogen and oxygen atoms in total. The minimum atomic E-state index is -0.884. The van der Waals surface area contributed by atoms with Crippen LogP contribution in [0, 0.1) is 5.82 Å². The zero-order valence-corrected chi connectivity index (χ0v) is 10.3. The Morgan fingerprint density at radius 3 is 2.44 bits per heavy atom. The lowest BCUT2D eigenvalue weighted by Crippen LogP contribution is -2.32. The van der Waals surface area contributed by atoms with Crippen molar-refractivity contribution < 1.29 is 14.3 Å². The standard InChI is InChI=1S/C12H12BrFO2/c13-9-5-8(6-10(14)7-9)12(11(15)16)3-1-2-4-12/h5-7H,1-4H2,(H,15,16). The van der Waals surface area contributed by atoms with Crippen LogP contribution in [0.3, 0.4) is 0 Å². The summed E-state index contributed by atoms with van der Waals surface area (Å²) < 4.78 is 13.9. The molecule has 86 valence electrons. The molecule has 0 heterocycles. The molecule has 1 aliphatic carbocycles. The summed E-state index contributed by atoms with van der Waals surface area (Å²) in [5.41, 5.74) is -0.311. The third-order valence-electron chi connectivity index (χ3n) is 3.28. The van der Waals surface area contributed by atoms with E-state index in [0.29, 0.717) is 22.9 Å². The van der Waals surface area contributed by atoms with Gasteiger partial charge >= 0.3 is 5.97 Å². The van der Waals surface area contributed by atoms with Gasteiger partial charge in [0.2, 0.25) is 0 Å². The van der Waals surface area contributed by atoms with Gasteiger partial charge in [-0.15, -0.1) is 0 Å². The number of carbonyl (C=O) groups is 1. The predicted octanol–water partition coefficient (Wildman–Crippen LogP) is 3.48. The highest BCUT2D eigenvalue weighted by Gasteiger charge is 2.43. The first-order valence-corrected chi connectivity index (χ1v) is 6.04. The van der Waals surface area contributed by atoms with Crippen LogP contribution < -0.4 is 0 Å². The van der Waals surface area contributed by atoms with Crippen molar-refractivity contribution in [2.75, 3.05) is 0 Å². The van der Waals surface area contributed by atoms with E-state index in [4.69, 9.17) is 0 Å². The second kappa shape index (κ2) is 4.17. The number of aliphatic carboxylic acids is 1. The molecule has 1 saturated carbocycles. The van der Waals surface area contributed by atoms with Gasteiger partial charge in [-0.2, -0.15) is 0 Å². The molecule has 0 aliphatic heterocycles. The molecule has 0 amide bonds. The summed E-state index contributed by atoms with van der Waals surface area (Å²) in [7, 11) is 0. The van der Waals surface area contributed by atoms with E-state index in [0.717, 1.165) is 12.8 Å². The average Bonchev–Trinajstić information content (AvgIpc) is 2.65. The van der Waals surface area contributed by atoms with E-state index < -0.39 is 17.2 Å². The minimum absolute atomic E-state index is 0.392. The quantitative estimate of drug-likeness (QED) is 0.904. The van der Waals surface area contributed by atoms with E-state index in [9.17, 15) is 14.3 Å². The summed E-state index contributed by atoms with van der Waals surface area (Å²) in [6.45, 7) is 0. The van der Waals surface area contributed by atoms with Crippen LogP contribution in [0.4, 0.5) is 4.39 Å². The number of carboxylic acids is 1. The maximum atomic E-state index is 13.3. The highest BCUT2D eigenvalue weighted by molar-refractivity contribution is 9.10. The predicted molar refractivity (Wildman–Crippen MR) is 61.9 cm³/mol. The molecule has 0 aromatic heterocycles. The number of rotatable bonds is 2. The maximum absolute atomic E-state index is 13.3. The smallest absolute Gasteiger partial charge is 0.314 e. The minimum Gasteiger partial charge on any atom is -0.481 e. The Labute approximate surface area is 102 Å². The zero-order valence-electron chi connectivity index (χ0n) is 8.67. The summed E-state index contributed by atoms with van der Waals surface area (Å²) in [6.07, 6.45) is 2.97. The van der Waals surface area contributed by atoms with Crippen molar-refractivity contribution in [2.45, 2.75) is 31.1 Å². The van der Waals surface area contributed by atoms with Crippen LogP contribution in [0.1, 0.15) is 31.2 Å². The summed E-state index contributed by atoms with van der Waals surface area (Å²) in [5, 5.41) is 9.36. The van der Waals surface area contributed by atoms with Crippen molar-refractivity contribution in [3.8, 4) is 0 Å². The number of benzene rings is 1. The van der Waals surface area contributed by atoms with Crippen molar-refractivity contribution in [1.82, 2.24) is 0 Å². The van der Waals surface area contributed by atoms with Crippen LogP contribution in [0.2, 0.25) is 0 Å². The van der Waals surface area contributed by atoms with Crippen LogP contribution in [0.15, 0.2) is 22.7 Å². The number of halogens is 2. The molecule has 1 fully saturated rings. The summed E-state index contributed by atoms with van der Waals surface area (Å²) in [5.74, 6) is -1.24. The fraction of sp³-hybridized carbons (Fsp3) is 0.417. The first-order chi connectivity index (χ1) is 7.54. The molecular formula is C12H12BrFO2. The van der Waals surface area contributed by atoms with Crippen molar-refractivity contribution >= 4 is 21.9 Å². The van der Waals surface area contributed by atoms with Gasteiger partial charge in [0.1, 0.15) is 5.82 Å². The van der Waals surface area contributed by atoms with Crippen LogP contribution in [-0.4, -0.2) is 11.1 Å². The van der Waals surface area contributed by atoms with Gasteiger partial charge < -0.3 is 5.11 Å². The normalized spacial score (nSPS) is 18.6. The maximum Gasteiger partial charge on any atom is 0.314 e. The van der Waals surface area contributed by atoms with Crippen LogP contribution in [-0.2, 0) is 10.2 Å². The van der Waals surface area contributed by atoms with Gasteiger partial charge in [0.05, 0.1) is 5.41 Å². The van der Waals surface area contributed by atoms with Crippen molar-refractivity contribution in [2.24, 2.45) is 0 Å². The Morgan fingerprint density at radius 1 is 1.31 bits per heavy atom. The monoisotopic (exact) mass is 286 g/mol. The van der Waals surface area contributed by atoms with E-state index in [1.807, 2.05) is 0 Å². The molecule has 16 heavy (non-hydrogen) atoms. The summed E-state index contributed by atoms with van der Waals surface area (Å²) in [4.78, 5) is 11.4. The number of carboxylic acid groups (broad SMARTS) is 1. The SMILES string of the molecule is O=C(O)C1(c2cc(F)cc(Br)c2)CCCC1. The molecule has 0 spiro atoms. The molecule has 1 N–H and O–H groups in total. The van der Waals surface area contributed by atoms with Crippen molar-refractivity contribution in [3.05, 3.63) is 34.1 Å². The molecular weight excluding hydrogens is 275 g/mol. The molecule has 0 radical (unpaired) electrons. The topological polar surface area (TPSA) is 37.3 Å². The van der Waals surface area contributed by atoms with E-state index in [2.05, 4.69) is 15.9 Å². The Morgan fingerprint density at radius 2 is 1.94 bits per heavy atom. The fourth-order valence-electron chi connectivity index (χ4n) is 2.43. The van der Waals surface area contributed by atoms with Gasteiger partial charge in [-0.05, 0) is 36.6 Å². The lowest BCUT2D eigenvalue weighted by Gasteiger charge is -2.24. The van der Waals surface area contributed by atoms with E-state index in [-0.39, 0.29) is 0 Å².